The zero-order valence-electron chi connectivity index (χ0n) is 14.0. The molecule has 0 unspecified atom stereocenters. The first-order valence-corrected chi connectivity index (χ1v) is 8.26. The van der Waals surface area contributed by atoms with Crippen molar-refractivity contribution in [2.24, 2.45) is 0 Å². The Kier molecular flexibility index (Phi) is 5.41. The summed E-state index contributed by atoms with van der Waals surface area (Å²) in [5.41, 5.74) is 0.782. The normalized spacial score (nSPS) is 15.7. The summed E-state index contributed by atoms with van der Waals surface area (Å²) in [6.07, 6.45) is -0.875. The van der Waals surface area contributed by atoms with Gasteiger partial charge >= 0.3 is 12.2 Å². The van der Waals surface area contributed by atoms with Gasteiger partial charge in [0.15, 0.2) is 0 Å². The third-order valence-corrected chi connectivity index (χ3v) is 4.28. The quantitative estimate of drug-likeness (QED) is 0.908. The average molecular weight is 364 g/mol. The lowest BCUT2D eigenvalue weighted by molar-refractivity contribution is -0.137. The van der Waals surface area contributed by atoms with Crippen LogP contribution in [0, 0.1) is 0 Å². The van der Waals surface area contributed by atoms with Crippen molar-refractivity contribution < 1.29 is 18.0 Å². The van der Waals surface area contributed by atoms with Gasteiger partial charge in [-0.05, 0) is 42.0 Å². The molecule has 1 aliphatic heterocycles. The minimum atomic E-state index is -4.38. The molecule has 26 heavy (non-hydrogen) atoms. The number of nitrogens with zero attached hydrogens (tertiary/aromatic N) is 3. The van der Waals surface area contributed by atoms with Gasteiger partial charge in [-0.2, -0.15) is 13.2 Å². The van der Waals surface area contributed by atoms with Gasteiger partial charge in [0.2, 0.25) is 0 Å². The standard InChI is InChI=1S/C18H19F3N4O/c19-18(20,21)15-1-3-16(4-2-15)23-17(26)25-11-9-24(10-12-25)13-14-5-7-22-8-6-14/h1-8H,9-13H2,(H,23,26). The summed E-state index contributed by atoms with van der Waals surface area (Å²) in [4.78, 5) is 20.2. The van der Waals surface area contributed by atoms with Gasteiger partial charge in [0.25, 0.3) is 0 Å². The van der Waals surface area contributed by atoms with Crippen molar-refractivity contribution in [3.63, 3.8) is 0 Å². The highest BCUT2D eigenvalue weighted by Crippen LogP contribution is 2.29. The minimum absolute atomic E-state index is 0.298. The molecule has 1 aromatic heterocycles. The van der Waals surface area contributed by atoms with E-state index in [1.165, 1.54) is 17.7 Å². The Hall–Kier alpha value is -2.61. The fourth-order valence-electron chi connectivity index (χ4n) is 2.80. The summed E-state index contributed by atoms with van der Waals surface area (Å²) < 4.78 is 37.7. The van der Waals surface area contributed by atoms with Gasteiger partial charge in [-0.3, -0.25) is 9.88 Å². The SMILES string of the molecule is O=C(Nc1ccc(C(F)(F)F)cc1)N1CCN(Cc2ccncc2)CC1. The third-order valence-electron chi connectivity index (χ3n) is 4.28. The molecule has 0 spiro atoms. The van der Waals surface area contributed by atoms with Gasteiger partial charge in [0.1, 0.15) is 0 Å². The van der Waals surface area contributed by atoms with Gasteiger partial charge in [-0.15, -0.1) is 0 Å². The summed E-state index contributed by atoms with van der Waals surface area (Å²) in [6, 6.07) is 8.08. The topological polar surface area (TPSA) is 48.5 Å². The maximum Gasteiger partial charge on any atom is 0.416 e. The van der Waals surface area contributed by atoms with Crippen molar-refractivity contribution in [3.05, 3.63) is 59.9 Å². The molecule has 1 aliphatic rings. The van der Waals surface area contributed by atoms with Crippen LogP contribution in [0.15, 0.2) is 48.8 Å². The number of anilines is 1. The molecule has 0 radical (unpaired) electrons. The summed E-state index contributed by atoms with van der Waals surface area (Å²) in [6.45, 7) is 3.41. The van der Waals surface area contributed by atoms with Crippen molar-refractivity contribution in [3.8, 4) is 0 Å². The molecule has 0 bridgehead atoms. The molecular weight excluding hydrogens is 345 g/mol. The van der Waals surface area contributed by atoms with Crippen LogP contribution >= 0.6 is 0 Å². The second-order valence-electron chi connectivity index (χ2n) is 6.12. The Balaban J connectivity index is 1.49. The fraction of sp³-hybridized carbons (Fsp3) is 0.333. The van der Waals surface area contributed by atoms with Crippen molar-refractivity contribution in [2.45, 2.75) is 12.7 Å². The number of halogens is 3. The van der Waals surface area contributed by atoms with Crippen LogP contribution < -0.4 is 5.32 Å². The van der Waals surface area contributed by atoms with Crippen LogP contribution in [0.2, 0.25) is 0 Å². The number of benzene rings is 1. The number of hydrogen-bond acceptors (Lipinski definition) is 3. The lowest BCUT2D eigenvalue weighted by Crippen LogP contribution is -2.49. The smallest absolute Gasteiger partial charge is 0.322 e. The number of aromatic nitrogens is 1. The molecule has 2 heterocycles. The van der Waals surface area contributed by atoms with E-state index in [1.807, 2.05) is 12.1 Å². The lowest BCUT2D eigenvalue weighted by Gasteiger charge is -2.34. The Bertz CT molecular complexity index is 726. The molecule has 0 saturated carbocycles. The van der Waals surface area contributed by atoms with Crippen molar-refractivity contribution >= 4 is 11.7 Å². The molecule has 3 rings (SSSR count). The molecule has 1 N–H and O–H groups in total. The monoisotopic (exact) mass is 364 g/mol. The molecular formula is C18H19F3N4O. The molecule has 0 aliphatic carbocycles. The second kappa shape index (κ2) is 7.74. The zero-order chi connectivity index (χ0) is 18.6. The third kappa shape index (κ3) is 4.72. The van der Waals surface area contributed by atoms with E-state index in [1.54, 1.807) is 17.3 Å². The summed E-state index contributed by atoms with van der Waals surface area (Å²) in [5, 5.41) is 2.65. The predicted molar refractivity (Wildman–Crippen MR) is 91.5 cm³/mol. The number of urea groups is 1. The Morgan fingerprint density at radius 1 is 1.00 bits per heavy atom. The van der Waals surface area contributed by atoms with Crippen molar-refractivity contribution in [1.82, 2.24) is 14.8 Å². The molecule has 2 amide bonds. The molecule has 1 fully saturated rings. The van der Waals surface area contributed by atoms with Crippen LogP contribution in [-0.2, 0) is 12.7 Å². The predicted octanol–water partition coefficient (Wildman–Crippen LogP) is 3.45. The van der Waals surface area contributed by atoms with E-state index < -0.39 is 11.7 Å². The van der Waals surface area contributed by atoms with E-state index in [2.05, 4.69) is 15.2 Å². The zero-order valence-corrected chi connectivity index (χ0v) is 14.0. The summed E-state index contributed by atoms with van der Waals surface area (Å²) in [5.74, 6) is 0. The second-order valence-corrected chi connectivity index (χ2v) is 6.12. The van der Waals surface area contributed by atoms with E-state index >= 15 is 0 Å². The molecule has 1 aromatic carbocycles. The van der Waals surface area contributed by atoms with Crippen LogP contribution in [-0.4, -0.2) is 47.0 Å². The van der Waals surface area contributed by atoms with Gasteiger partial charge < -0.3 is 10.2 Å². The lowest BCUT2D eigenvalue weighted by atomic mass is 10.2. The van der Waals surface area contributed by atoms with Gasteiger partial charge in [-0.1, -0.05) is 0 Å². The van der Waals surface area contributed by atoms with E-state index in [0.717, 1.165) is 31.8 Å². The number of piperazine rings is 1. The number of pyridine rings is 1. The maximum atomic E-state index is 12.6. The molecule has 1 saturated heterocycles. The molecule has 0 atom stereocenters. The Labute approximate surface area is 149 Å². The van der Waals surface area contributed by atoms with Crippen LogP contribution in [0.4, 0.5) is 23.7 Å². The first-order valence-electron chi connectivity index (χ1n) is 8.26. The minimum Gasteiger partial charge on any atom is -0.322 e. The van der Waals surface area contributed by atoms with Crippen LogP contribution in [0.3, 0.4) is 0 Å². The highest BCUT2D eigenvalue weighted by Gasteiger charge is 2.30. The summed E-state index contributed by atoms with van der Waals surface area (Å²) in [7, 11) is 0. The highest BCUT2D eigenvalue weighted by atomic mass is 19.4. The fourth-order valence-corrected chi connectivity index (χ4v) is 2.80. The van der Waals surface area contributed by atoms with E-state index in [4.69, 9.17) is 0 Å². The first kappa shape index (κ1) is 18.2. The Morgan fingerprint density at radius 3 is 2.19 bits per heavy atom. The summed E-state index contributed by atoms with van der Waals surface area (Å²) >= 11 is 0. The number of rotatable bonds is 3. The number of carbonyl (C=O) groups is 1. The largest absolute Gasteiger partial charge is 0.416 e. The number of alkyl halides is 3. The highest BCUT2D eigenvalue weighted by molar-refractivity contribution is 5.89. The van der Waals surface area contributed by atoms with Gasteiger partial charge in [0.05, 0.1) is 5.56 Å². The van der Waals surface area contributed by atoms with Crippen molar-refractivity contribution in [2.75, 3.05) is 31.5 Å². The van der Waals surface area contributed by atoms with E-state index in [0.29, 0.717) is 18.8 Å². The number of hydrogen-bond donors (Lipinski definition) is 1. The van der Waals surface area contributed by atoms with E-state index in [-0.39, 0.29) is 6.03 Å². The molecule has 8 heteroatoms. The van der Waals surface area contributed by atoms with E-state index in [9.17, 15) is 18.0 Å². The first-order chi connectivity index (χ1) is 12.4. The molecule has 5 nitrogen and oxygen atoms in total. The average Bonchev–Trinajstić information content (AvgIpc) is 2.63. The molecule has 2 aromatic rings. The maximum absolute atomic E-state index is 12.6. The Morgan fingerprint density at radius 2 is 1.62 bits per heavy atom. The molecule has 138 valence electrons. The van der Waals surface area contributed by atoms with Gasteiger partial charge in [-0.25, -0.2) is 4.79 Å². The van der Waals surface area contributed by atoms with Crippen LogP contribution in [0.5, 0.6) is 0 Å². The number of nitrogens with one attached hydrogen (secondary N) is 1. The number of amides is 2. The number of carbonyl (C=O) groups excluding carboxylic acids is 1. The van der Waals surface area contributed by atoms with Crippen molar-refractivity contribution in [1.29, 1.82) is 0 Å². The van der Waals surface area contributed by atoms with Gasteiger partial charge in [0, 0.05) is 50.8 Å². The van der Waals surface area contributed by atoms with Crippen LogP contribution in [0.1, 0.15) is 11.1 Å². The van der Waals surface area contributed by atoms with Crippen LogP contribution in [0.25, 0.3) is 0 Å².